The maximum atomic E-state index is 12.1. The zero-order valence-corrected chi connectivity index (χ0v) is 15.3. The van der Waals surface area contributed by atoms with E-state index in [2.05, 4.69) is 4.90 Å². The highest BCUT2D eigenvalue weighted by Crippen LogP contribution is 2.54. The summed E-state index contributed by atoms with van der Waals surface area (Å²) in [5.74, 6) is 0.619. The zero-order valence-electron chi connectivity index (χ0n) is 15.3. The molecule has 2 saturated carbocycles. The molecule has 3 aliphatic heterocycles. The Bertz CT molecular complexity index is 565. The fraction of sp³-hybridized carbons (Fsp3) is 0.857. The topological polar surface area (TPSA) is 38.8 Å². The molecule has 4 heteroatoms. The van der Waals surface area contributed by atoms with Crippen LogP contribution in [0.2, 0.25) is 0 Å². The molecule has 2 saturated heterocycles. The van der Waals surface area contributed by atoms with E-state index in [1.54, 1.807) is 6.08 Å². The summed E-state index contributed by atoms with van der Waals surface area (Å²) >= 11 is 0. The molecule has 0 aromatic rings. The minimum absolute atomic E-state index is 0.120. The fourth-order valence-corrected chi connectivity index (χ4v) is 6.30. The third-order valence-corrected chi connectivity index (χ3v) is 7.51. The van der Waals surface area contributed by atoms with Crippen LogP contribution in [0.4, 0.5) is 0 Å². The van der Waals surface area contributed by atoms with Gasteiger partial charge in [-0.25, -0.2) is 4.79 Å². The van der Waals surface area contributed by atoms with Gasteiger partial charge in [-0.1, -0.05) is 32.1 Å². The predicted octanol–water partition coefficient (Wildman–Crippen LogP) is 3.59. The van der Waals surface area contributed by atoms with E-state index in [1.165, 1.54) is 56.9 Å². The molecule has 0 aromatic heterocycles. The first-order valence-electron chi connectivity index (χ1n) is 10.6. The Morgan fingerprint density at radius 3 is 2.76 bits per heavy atom. The summed E-state index contributed by atoms with van der Waals surface area (Å²) in [7, 11) is 0. The van der Waals surface area contributed by atoms with Gasteiger partial charge in [-0.2, -0.15) is 0 Å². The van der Waals surface area contributed by atoms with Crippen molar-refractivity contribution >= 4 is 5.97 Å². The van der Waals surface area contributed by atoms with Crippen LogP contribution in [0.25, 0.3) is 0 Å². The average Bonchev–Trinajstić information content (AvgIpc) is 2.94. The first kappa shape index (κ1) is 16.3. The minimum Gasteiger partial charge on any atom is -0.450 e. The number of ether oxygens (including phenoxy) is 2. The Hall–Kier alpha value is -0.870. The van der Waals surface area contributed by atoms with Crippen LogP contribution in [-0.4, -0.2) is 47.8 Å². The maximum Gasteiger partial charge on any atom is 0.331 e. The molecule has 25 heavy (non-hydrogen) atoms. The van der Waals surface area contributed by atoms with Crippen LogP contribution in [-0.2, 0) is 14.3 Å². The first-order chi connectivity index (χ1) is 12.3. The molecular weight excluding hydrogens is 314 g/mol. The quantitative estimate of drug-likeness (QED) is 0.579. The first-order valence-corrected chi connectivity index (χ1v) is 10.6. The van der Waals surface area contributed by atoms with Gasteiger partial charge in [-0.05, 0) is 43.7 Å². The van der Waals surface area contributed by atoms with Crippen molar-refractivity contribution in [3.8, 4) is 0 Å². The molecule has 4 atom stereocenters. The Morgan fingerprint density at radius 2 is 1.92 bits per heavy atom. The lowest BCUT2D eigenvalue weighted by Gasteiger charge is -2.37. The molecule has 0 N–H and O–H groups in total. The molecule has 2 bridgehead atoms. The van der Waals surface area contributed by atoms with Crippen molar-refractivity contribution in [3.63, 3.8) is 0 Å². The molecule has 4 fully saturated rings. The standard InChI is InChI=1S/C21H31NO3/c23-20-12-16-11-18(24-14-15-7-3-1-2-4-8-15)17-13-21(16,25-20)19-9-5-6-10-22(17)19/h12,15,17-19H,1-11,13-14H2/t17-,18?,19+,21-/m0/s1. The van der Waals surface area contributed by atoms with Gasteiger partial charge in [0.05, 0.1) is 12.1 Å². The SMILES string of the molecule is O=C1C=C2CC(OCC3CCCCCC3)[C@@H]3C[C@@]2(O1)[C@H]1CCCCN31. The number of carbonyl (C=O) groups excluding carboxylic acids is 1. The molecule has 3 heterocycles. The lowest BCUT2D eigenvalue weighted by molar-refractivity contribution is -0.149. The van der Waals surface area contributed by atoms with Crippen molar-refractivity contribution in [1.29, 1.82) is 0 Å². The number of fused-ring (bicyclic) bond motifs is 3. The lowest BCUT2D eigenvalue weighted by Crippen LogP contribution is -2.48. The highest BCUT2D eigenvalue weighted by molar-refractivity contribution is 5.87. The van der Waals surface area contributed by atoms with E-state index < -0.39 is 0 Å². The Labute approximate surface area is 150 Å². The van der Waals surface area contributed by atoms with Gasteiger partial charge in [0.15, 0.2) is 5.60 Å². The second kappa shape index (κ2) is 6.38. The molecule has 1 unspecified atom stereocenters. The summed E-state index contributed by atoms with van der Waals surface area (Å²) in [6, 6.07) is 0.842. The molecule has 4 nitrogen and oxygen atoms in total. The Morgan fingerprint density at radius 1 is 1.12 bits per heavy atom. The van der Waals surface area contributed by atoms with Gasteiger partial charge in [-0.15, -0.1) is 0 Å². The van der Waals surface area contributed by atoms with Crippen molar-refractivity contribution in [3.05, 3.63) is 11.6 Å². The third kappa shape index (κ3) is 2.68. The van der Waals surface area contributed by atoms with Crippen molar-refractivity contribution in [2.24, 2.45) is 5.92 Å². The molecule has 1 spiro atoms. The molecule has 0 radical (unpaired) electrons. The van der Waals surface area contributed by atoms with Gasteiger partial charge < -0.3 is 9.47 Å². The number of rotatable bonds is 3. The summed E-state index contributed by atoms with van der Waals surface area (Å²) in [6.45, 7) is 2.06. The Kier molecular flexibility index (Phi) is 4.16. The Balaban J connectivity index is 1.33. The number of esters is 1. The van der Waals surface area contributed by atoms with Crippen LogP contribution in [0.3, 0.4) is 0 Å². The molecule has 0 amide bonds. The highest BCUT2D eigenvalue weighted by Gasteiger charge is 2.64. The van der Waals surface area contributed by atoms with Crippen molar-refractivity contribution in [1.82, 2.24) is 4.90 Å². The van der Waals surface area contributed by atoms with Crippen molar-refractivity contribution < 1.29 is 14.3 Å². The van der Waals surface area contributed by atoms with Gasteiger partial charge in [0.1, 0.15) is 0 Å². The fourth-order valence-electron chi connectivity index (χ4n) is 6.30. The number of nitrogens with zero attached hydrogens (tertiary/aromatic N) is 1. The van der Waals surface area contributed by atoms with Crippen LogP contribution in [0, 0.1) is 5.92 Å². The minimum atomic E-state index is -0.301. The van der Waals surface area contributed by atoms with E-state index >= 15 is 0 Å². The largest absolute Gasteiger partial charge is 0.450 e. The van der Waals surface area contributed by atoms with Gasteiger partial charge in [-0.3, -0.25) is 4.90 Å². The monoisotopic (exact) mass is 345 g/mol. The van der Waals surface area contributed by atoms with Gasteiger partial charge in [0.2, 0.25) is 0 Å². The zero-order chi connectivity index (χ0) is 16.9. The van der Waals surface area contributed by atoms with E-state index in [1.807, 2.05) is 0 Å². The van der Waals surface area contributed by atoms with Crippen LogP contribution >= 0.6 is 0 Å². The number of piperidine rings is 1. The number of carbonyl (C=O) groups is 1. The molecule has 2 aliphatic carbocycles. The summed E-state index contributed by atoms with van der Waals surface area (Å²) in [5.41, 5.74) is 0.929. The molecule has 0 aromatic carbocycles. The van der Waals surface area contributed by atoms with E-state index in [0.29, 0.717) is 12.1 Å². The average molecular weight is 345 g/mol. The summed E-state index contributed by atoms with van der Waals surface area (Å²) in [5, 5.41) is 0. The number of hydrogen-bond donors (Lipinski definition) is 0. The van der Waals surface area contributed by atoms with Crippen LogP contribution in [0.15, 0.2) is 11.6 Å². The van der Waals surface area contributed by atoms with Gasteiger partial charge >= 0.3 is 5.97 Å². The van der Waals surface area contributed by atoms with Crippen LogP contribution < -0.4 is 0 Å². The van der Waals surface area contributed by atoms with Crippen molar-refractivity contribution in [2.75, 3.05) is 13.2 Å². The number of hydrogen-bond acceptors (Lipinski definition) is 4. The predicted molar refractivity (Wildman–Crippen MR) is 95.2 cm³/mol. The molecule has 5 rings (SSSR count). The van der Waals surface area contributed by atoms with E-state index in [9.17, 15) is 4.79 Å². The smallest absolute Gasteiger partial charge is 0.331 e. The second-order valence-corrected chi connectivity index (χ2v) is 8.93. The van der Waals surface area contributed by atoms with Gasteiger partial charge in [0.25, 0.3) is 0 Å². The highest BCUT2D eigenvalue weighted by atomic mass is 16.6. The molecular formula is C21H31NO3. The van der Waals surface area contributed by atoms with Crippen molar-refractivity contribution in [2.45, 2.75) is 94.4 Å². The van der Waals surface area contributed by atoms with E-state index in [0.717, 1.165) is 38.3 Å². The summed E-state index contributed by atoms with van der Waals surface area (Å²) in [4.78, 5) is 14.7. The maximum absolute atomic E-state index is 12.1. The molecule has 5 aliphatic rings. The van der Waals surface area contributed by atoms with Crippen LogP contribution in [0.1, 0.15) is 70.6 Å². The normalized spacial score (nSPS) is 41.7. The summed E-state index contributed by atoms with van der Waals surface area (Å²) in [6.07, 6.45) is 15.8. The summed E-state index contributed by atoms with van der Waals surface area (Å²) < 4.78 is 12.5. The molecule has 138 valence electrons. The van der Waals surface area contributed by atoms with Crippen LogP contribution in [0.5, 0.6) is 0 Å². The third-order valence-electron chi connectivity index (χ3n) is 7.51. The second-order valence-electron chi connectivity index (χ2n) is 8.93. The van der Waals surface area contributed by atoms with E-state index in [-0.39, 0.29) is 17.7 Å². The van der Waals surface area contributed by atoms with E-state index in [4.69, 9.17) is 9.47 Å². The van der Waals surface area contributed by atoms with Gasteiger partial charge in [0, 0.05) is 31.6 Å². The lowest BCUT2D eigenvalue weighted by atomic mass is 9.76.